The Morgan fingerprint density at radius 3 is 2.68 bits per heavy atom. The highest BCUT2D eigenvalue weighted by Gasteiger charge is 2.18. The number of pyridine rings is 1. The van der Waals surface area contributed by atoms with Crippen LogP contribution in [-0.2, 0) is 10.0 Å². The van der Waals surface area contributed by atoms with Gasteiger partial charge in [-0.3, -0.25) is 9.71 Å². The highest BCUT2D eigenvalue weighted by Crippen LogP contribution is 2.25. The van der Waals surface area contributed by atoms with E-state index in [2.05, 4.69) is 9.71 Å². The number of sulfonamides is 1. The van der Waals surface area contributed by atoms with Crippen molar-refractivity contribution in [2.45, 2.75) is 11.8 Å². The lowest BCUT2D eigenvalue weighted by atomic mass is 10.2. The Kier molecular flexibility index (Phi) is 3.64. The highest BCUT2D eigenvalue weighted by atomic mass is 35.5. The molecule has 5 nitrogen and oxygen atoms in total. The van der Waals surface area contributed by atoms with E-state index in [4.69, 9.17) is 17.3 Å². The van der Waals surface area contributed by atoms with Crippen LogP contribution >= 0.6 is 11.6 Å². The van der Waals surface area contributed by atoms with E-state index >= 15 is 0 Å². The minimum absolute atomic E-state index is 0.154. The first-order valence-electron chi connectivity index (χ1n) is 5.38. The van der Waals surface area contributed by atoms with Crippen molar-refractivity contribution in [2.24, 2.45) is 0 Å². The second-order valence-electron chi connectivity index (χ2n) is 3.99. The summed E-state index contributed by atoms with van der Waals surface area (Å²) in [5.41, 5.74) is 6.91. The maximum Gasteiger partial charge on any atom is 0.262 e. The molecule has 0 radical (unpaired) electrons. The number of halogens is 1. The number of anilines is 2. The van der Waals surface area contributed by atoms with Crippen molar-refractivity contribution < 1.29 is 8.42 Å². The number of hydrogen-bond acceptors (Lipinski definition) is 4. The van der Waals surface area contributed by atoms with Crippen LogP contribution in [0.25, 0.3) is 0 Å². The number of nitrogens with zero attached hydrogens (tertiary/aromatic N) is 1. The molecule has 19 heavy (non-hydrogen) atoms. The summed E-state index contributed by atoms with van der Waals surface area (Å²) in [7, 11) is -3.71. The average molecular weight is 298 g/mol. The third kappa shape index (κ3) is 2.97. The van der Waals surface area contributed by atoms with E-state index < -0.39 is 10.0 Å². The summed E-state index contributed by atoms with van der Waals surface area (Å²) in [6, 6.07) is 6.10. The molecule has 0 fully saturated rings. The van der Waals surface area contributed by atoms with Gasteiger partial charge in [0.15, 0.2) is 0 Å². The molecule has 0 amide bonds. The molecule has 0 atom stereocenters. The molecular formula is C12H12ClN3O2S. The van der Waals surface area contributed by atoms with Crippen LogP contribution in [0.5, 0.6) is 0 Å². The first kappa shape index (κ1) is 13.6. The molecule has 0 saturated heterocycles. The van der Waals surface area contributed by atoms with Crippen LogP contribution in [0, 0.1) is 6.92 Å². The predicted octanol–water partition coefficient (Wildman–Crippen LogP) is 2.43. The number of aryl methyl sites for hydroxylation is 1. The number of rotatable bonds is 3. The summed E-state index contributed by atoms with van der Waals surface area (Å²) >= 11 is 5.90. The molecule has 0 aliphatic heterocycles. The van der Waals surface area contributed by atoms with Crippen LogP contribution < -0.4 is 10.5 Å². The molecule has 0 saturated carbocycles. The molecule has 2 aromatic rings. The topological polar surface area (TPSA) is 85.1 Å². The zero-order valence-corrected chi connectivity index (χ0v) is 11.7. The second-order valence-corrected chi connectivity index (χ2v) is 6.04. The Morgan fingerprint density at radius 2 is 2.05 bits per heavy atom. The SMILES string of the molecule is Cc1cc(N)ccc1S(=O)(=O)Nc1cnccc1Cl. The van der Waals surface area contributed by atoms with E-state index in [-0.39, 0.29) is 15.6 Å². The van der Waals surface area contributed by atoms with Gasteiger partial charge in [-0.25, -0.2) is 8.42 Å². The number of nitrogen functional groups attached to an aromatic ring is 1. The first-order valence-corrected chi connectivity index (χ1v) is 7.25. The van der Waals surface area contributed by atoms with E-state index in [0.717, 1.165) is 0 Å². The third-order valence-corrected chi connectivity index (χ3v) is 4.36. The van der Waals surface area contributed by atoms with Gasteiger partial charge in [-0.1, -0.05) is 11.6 Å². The first-order chi connectivity index (χ1) is 8.90. The van der Waals surface area contributed by atoms with Crippen molar-refractivity contribution in [1.82, 2.24) is 4.98 Å². The Labute approximate surface area is 116 Å². The van der Waals surface area contributed by atoms with Gasteiger partial charge in [0.05, 0.1) is 21.8 Å². The zero-order chi connectivity index (χ0) is 14.0. The predicted molar refractivity (Wildman–Crippen MR) is 75.6 cm³/mol. The minimum Gasteiger partial charge on any atom is -0.399 e. The fraction of sp³-hybridized carbons (Fsp3) is 0.0833. The van der Waals surface area contributed by atoms with Crippen molar-refractivity contribution in [2.75, 3.05) is 10.5 Å². The normalized spacial score (nSPS) is 11.3. The van der Waals surface area contributed by atoms with Crippen molar-refractivity contribution in [1.29, 1.82) is 0 Å². The second kappa shape index (κ2) is 5.07. The molecule has 0 aliphatic rings. The van der Waals surface area contributed by atoms with Gasteiger partial charge in [-0.2, -0.15) is 0 Å². The van der Waals surface area contributed by atoms with Crippen molar-refractivity contribution in [3.05, 3.63) is 47.2 Å². The van der Waals surface area contributed by atoms with Gasteiger partial charge in [0.1, 0.15) is 0 Å². The van der Waals surface area contributed by atoms with Crippen molar-refractivity contribution >= 4 is 33.0 Å². The Bertz CT molecular complexity index is 717. The molecule has 1 aromatic heterocycles. The molecule has 2 rings (SSSR count). The van der Waals surface area contributed by atoms with Crippen LogP contribution in [0.1, 0.15) is 5.56 Å². The summed E-state index contributed by atoms with van der Waals surface area (Å²) in [4.78, 5) is 3.98. The van der Waals surface area contributed by atoms with Gasteiger partial charge in [0.2, 0.25) is 0 Å². The molecule has 1 heterocycles. The summed E-state index contributed by atoms with van der Waals surface area (Å²) < 4.78 is 26.9. The maximum absolute atomic E-state index is 12.2. The molecule has 3 N–H and O–H groups in total. The summed E-state index contributed by atoms with van der Waals surface area (Å²) in [5, 5.41) is 0.284. The molecule has 100 valence electrons. The molecule has 0 bridgehead atoms. The zero-order valence-electron chi connectivity index (χ0n) is 10.1. The summed E-state index contributed by atoms with van der Waals surface area (Å²) in [6.07, 6.45) is 2.83. The fourth-order valence-corrected chi connectivity index (χ4v) is 3.13. The Morgan fingerprint density at radius 1 is 1.32 bits per heavy atom. The highest BCUT2D eigenvalue weighted by molar-refractivity contribution is 7.92. The van der Waals surface area contributed by atoms with Crippen LogP contribution in [-0.4, -0.2) is 13.4 Å². The molecule has 0 spiro atoms. The van der Waals surface area contributed by atoms with Gasteiger partial charge in [0.25, 0.3) is 10.0 Å². The summed E-state index contributed by atoms with van der Waals surface area (Å²) in [5.74, 6) is 0. The molecular weight excluding hydrogens is 286 g/mol. The van der Waals surface area contributed by atoms with Crippen LogP contribution in [0.2, 0.25) is 5.02 Å². The summed E-state index contributed by atoms with van der Waals surface area (Å²) in [6.45, 7) is 1.68. The van der Waals surface area contributed by atoms with E-state index in [1.54, 1.807) is 13.0 Å². The van der Waals surface area contributed by atoms with E-state index in [1.807, 2.05) is 0 Å². The van der Waals surface area contributed by atoms with Crippen molar-refractivity contribution in [3.63, 3.8) is 0 Å². The van der Waals surface area contributed by atoms with Gasteiger partial charge >= 0.3 is 0 Å². The average Bonchev–Trinajstić information content (AvgIpc) is 2.31. The monoisotopic (exact) mass is 297 g/mol. The largest absolute Gasteiger partial charge is 0.399 e. The number of benzene rings is 1. The lowest BCUT2D eigenvalue weighted by Gasteiger charge is -2.11. The number of nitrogens with one attached hydrogen (secondary N) is 1. The minimum atomic E-state index is -3.71. The van der Waals surface area contributed by atoms with Gasteiger partial charge < -0.3 is 5.73 Å². The smallest absolute Gasteiger partial charge is 0.262 e. The Hall–Kier alpha value is -1.79. The lowest BCUT2D eigenvalue weighted by Crippen LogP contribution is -2.14. The molecule has 1 aromatic carbocycles. The van der Waals surface area contributed by atoms with Crippen LogP contribution in [0.4, 0.5) is 11.4 Å². The maximum atomic E-state index is 12.2. The van der Waals surface area contributed by atoms with E-state index in [0.29, 0.717) is 11.3 Å². The number of nitrogens with two attached hydrogens (primary N) is 1. The fourth-order valence-electron chi connectivity index (χ4n) is 1.63. The van der Waals surface area contributed by atoms with E-state index in [9.17, 15) is 8.42 Å². The molecule has 0 unspecified atom stereocenters. The lowest BCUT2D eigenvalue weighted by molar-refractivity contribution is 0.600. The van der Waals surface area contributed by atoms with Crippen molar-refractivity contribution in [3.8, 4) is 0 Å². The van der Waals surface area contributed by atoms with Crippen LogP contribution in [0.3, 0.4) is 0 Å². The third-order valence-electron chi connectivity index (χ3n) is 2.50. The van der Waals surface area contributed by atoms with Gasteiger partial charge in [-0.15, -0.1) is 0 Å². The van der Waals surface area contributed by atoms with Crippen LogP contribution in [0.15, 0.2) is 41.6 Å². The molecule has 0 aliphatic carbocycles. The van der Waals surface area contributed by atoms with E-state index in [1.165, 1.54) is 30.6 Å². The number of hydrogen-bond donors (Lipinski definition) is 2. The Balaban J connectivity index is 2.41. The number of aromatic nitrogens is 1. The molecule has 7 heteroatoms. The quantitative estimate of drug-likeness (QED) is 0.852. The van der Waals surface area contributed by atoms with Gasteiger partial charge in [0, 0.05) is 11.9 Å². The standard InChI is InChI=1S/C12H12ClN3O2S/c1-8-6-9(14)2-3-12(8)19(17,18)16-11-7-15-5-4-10(11)13/h2-7,16H,14H2,1H3. The van der Waals surface area contributed by atoms with Gasteiger partial charge in [-0.05, 0) is 36.8 Å².